The lowest BCUT2D eigenvalue weighted by molar-refractivity contribution is -0.135. The van der Waals surface area contributed by atoms with Crippen LogP contribution in [-0.2, 0) is 14.3 Å². The predicted molar refractivity (Wildman–Crippen MR) is 77.8 cm³/mol. The molecule has 2 aliphatic heterocycles. The first-order chi connectivity index (χ1) is 9.89. The zero-order valence-electron chi connectivity index (χ0n) is 12.8. The lowest BCUT2D eigenvalue weighted by Crippen LogP contribution is -2.37. The first-order valence-corrected chi connectivity index (χ1v) is 7.25. The van der Waals surface area contributed by atoms with Gasteiger partial charge in [0, 0.05) is 18.9 Å². The number of ether oxygens (including phenoxy) is 2. The van der Waals surface area contributed by atoms with Crippen molar-refractivity contribution in [1.29, 1.82) is 0 Å². The van der Waals surface area contributed by atoms with E-state index in [1.807, 2.05) is 26.0 Å². The number of carbonyl (C=O) groups excluding carboxylic acids is 1. The highest BCUT2D eigenvalue weighted by molar-refractivity contribution is 5.88. The Hall–Kier alpha value is -1.01. The molecule has 1 aliphatic carbocycles. The van der Waals surface area contributed by atoms with Gasteiger partial charge in [0.25, 0.3) is 0 Å². The van der Waals surface area contributed by atoms with Gasteiger partial charge in [0.15, 0.2) is 5.78 Å². The van der Waals surface area contributed by atoms with Crippen molar-refractivity contribution in [3.63, 3.8) is 0 Å². The Kier molecular flexibility index (Phi) is 4.99. The van der Waals surface area contributed by atoms with Crippen LogP contribution in [0.4, 0.5) is 0 Å². The molecule has 5 heteroatoms. The molecule has 0 saturated heterocycles. The van der Waals surface area contributed by atoms with E-state index in [2.05, 4.69) is 0 Å². The first kappa shape index (κ1) is 16.4. The molecule has 2 heterocycles. The number of ketones is 1. The summed E-state index contributed by atoms with van der Waals surface area (Å²) in [6.07, 6.45) is 2.76. The molecule has 0 fully saturated rings. The van der Waals surface area contributed by atoms with Crippen LogP contribution in [-0.4, -0.2) is 54.6 Å². The molecule has 21 heavy (non-hydrogen) atoms. The van der Waals surface area contributed by atoms with Crippen molar-refractivity contribution in [2.24, 2.45) is 5.41 Å². The number of aliphatic hydroxyl groups excluding tert-OH is 2. The first-order valence-electron chi connectivity index (χ1n) is 7.25. The summed E-state index contributed by atoms with van der Waals surface area (Å²) in [7, 11) is 1.58. The number of hydrogen-bond donors (Lipinski definition) is 2. The van der Waals surface area contributed by atoms with Gasteiger partial charge in [-0.1, -0.05) is 26.0 Å². The van der Waals surface area contributed by atoms with Crippen LogP contribution in [0, 0.1) is 5.41 Å². The lowest BCUT2D eigenvalue weighted by Gasteiger charge is -2.31. The minimum Gasteiger partial charge on any atom is -0.392 e. The summed E-state index contributed by atoms with van der Waals surface area (Å²) in [6.45, 7) is 3.83. The van der Waals surface area contributed by atoms with E-state index in [0.717, 1.165) is 11.1 Å². The van der Waals surface area contributed by atoms with Crippen LogP contribution >= 0.6 is 0 Å². The van der Waals surface area contributed by atoms with Crippen molar-refractivity contribution < 1.29 is 24.5 Å². The topological polar surface area (TPSA) is 76.0 Å². The highest BCUT2D eigenvalue weighted by Gasteiger charge is 2.36. The SMILES string of the molecule is CO[C@@H]1C=C2CO[C@H]1/C(CO)=C/CC(C)(C)C(=O)[C@@H](O)C2. The van der Waals surface area contributed by atoms with E-state index in [4.69, 9.17) is 9.47 Å². The fraction of sp³-hybridized carbons (Fsp3) is 0.688. The van der Waals surface area contributed by atoms with E-state index in [0.29, 0.717) is 13.0 Å². The van der Waals surface area contributed by atoms with Crippen molar-refractivity contribution in [2.45, 2.75) is 45.0 Å². The molecule has 0 saturated carbocycles. The standard InChI is InChI=1S/C16H24O5/c1-16(2)5-4-11(8-17)14-13(20-3)7-10(9-21-14)6-12(18)15(16)19/h4,7,12-14,17-18H,5-6,8-9H2,1-3H3/b11-4+/t12-,13+,14-/m0/s1. The summed E-state index contributed by atoms with van der Waals surface area (Å²) < 4.78 is 11.2. The molecule has 0 unspecified atom stereocenters. The van der Waals surface area contributed by atoms with Gasteiger partial charge in [0.2, 0.25) is 0 Å². The second kappa shape index (κ2) is 6.40. The number of hydrogen-bond acceptors (Lipinski definition) is 5. The summed E-state index contributed by atoms with van der Waals surface area (Å²) in [4.78, 5) is 12.4. The Morgan fingerprint density at radius 3 is 2.81 bits per heavy atom. The zero-order chi connectivity index (χ0) is 15.6. The Bertz CT molecular complexity index is 463. The number of allylic oxidation sites excluding steroid dienone is 1. The number of carbonyl (C=O) groups is 1. The van der Waals surface area contributed by atoms with Gasteiger partial charge < -0.3 is 19.7 Å². The van der Waals surface area contributed by atoms with E-state index in [-0.39, 0.29) is 31.0 Å². The van der Waals surface area contributed by atoms with Gasteiger partial charge in [0.05, 0.1) is 13.2 Å². The van der Waals surface area contributed by atoms with Crippen LogP contribution in [0.1, 0.15) is 26.7 Å². The van der Waals surface area contributed by atoms with E-state index in [9.17, 15) is 15.0 Å². The molecule has 2 N–H and O–H groups in total. The van der Waals surface area contributed by atoms with E-state index in [1.54, 1.807) is 7.11 Å². The summed E-state index contributed by atoms with van der Waals surface area (Å²) in [5.41, 5.74) is 0.899. The van der Waals surface area contributed by atoms with Gasteiger partial charge in [-0.15, -0.1) is 0 Å². The molecule has 2 bridgehead atoms. The van der Waals surface area contributed by atoms with Crippen LogP contribution in [0.2, 0.25) is 0 Å². The fourth-order valence-electron chi connectivity index (χ4n) is 2.85. The molecule has 0 radical (unpaired) electrons. The summed E-state index contributed by atoms with van der Waals surface area (Å²) in [5.74, 6) is -0.184. The Labute approximate surface area is 125 Å². The number of fused-ring (bicyclic) bond motifs is 7. The van der Waals surface area contributed by atoms with Gasteiger partial charge in [-0.3, -0.25) is 4.79 Å². The normalized spacial score (nSPS) is 35.7. The van der Waals surface area contributed by atoms with E-state index in [1.165, 1.54) is 0 Å². The third kappa shape index (κ3) is 3.43. The quantitative estimate of drug-likeness (QED) is 0.743. The van der Waals surface area contributed by atoms with Gasteiger partial charge in [0.1, 0.15) is 18.3 Å². The van der Waals surface area contributed by atoms with Crippen LogP contribution in [0.15, 0.2) is 23.3 Å². The van der Waals surface area contributed by atoms with Gasteiger partial charge in [-0.05, 0) is 17.6 Å². The lowest BCUT2D eigenvalue weighted by atomic mass is 9.80. The molecule has 118 valence electrons. The summed E-state index contributed by atoms with van der Waals surface area (Å²) in [5, 5.41) is 19.8. The largest absolute Gasteiger partial charge is 0.392 e. The molecule has 3 aliphatic rings. The number of Topliss-reactive ketones (excluding diaryl/α,β-unsaturated/α-hetero) is 1. The van der Waals surface area contributed by atoms with Gasteiger partial charge >= 0.3 is 0 Å². The molecule has 0 amide bonds. The maximum absolute atomic E-state index is 12.4. The van der Waals surface area contributed by atoms with Crippen LogP contribution in [0.3, 0.4) is 0 Å². The smallest absolute Gasteiger partial charge is 0.167 e. The monoisotopic (exact) mass is 296 g/mol. The minimum atomic E-state index is -1.03. The van der Waals surface area contributed by atoms with Gasteiger partial charge in [-0.25, -0.2) is 0 Å². The molecular weight excluding hydrogens is 272 g/mol. The summed E-state index contributed by atoms with van der Waals surface area (Å²) >= 11 is 0. The van der Waals surface area contributed by atoms with Crippen molar-refractivity contribution >= 4 is 5.78 Å². The molecule has 0 aromatic rings. The predicted octanol–water partition coefficient (Wildman–Crippen LogP) is 0.995. The van der Waals surface area contributed by atoms with E-state index < -0.39 is 11.5 Å². The molecule has 3 rings (SSSR count). The second-order valence-corrected chi connectivity index (χ2v) is 6.37. The minimum absolute atomic E-state index is 0.138. The average Bonchev–Trinajstić information content (AvgIpc) is 2.48. The number of aliphatic hydroxyl groups is 2. The Morgan fingerprint density at radius 1 is 1.48 bits per heavy atom. The van der Waals surface area contributed by atoms with E-state index >= 15 is 0 Å². The molecule has 0 spiro atoms. The molecule has 0 aromatic heterocycles. The highest BCUT2D eigenvalue weighted by atomic mass is 16.5. The van der Waals surface area contributed by atoms with Crippen molar-refractivity contribution in [3.8, 4) is 0 Å². The molecule has 5 nitrogen and oxygen atoms in total. The van der Waals surface area contributed by atoms with Crippen molar-refractivity contribution in [3.05, 3.63) is 23.3 Å². The third-order valence-electron chi connectivity index (χ3n) is 4.27. The highest BCUT2D eigenvalue weighted by Crippen LogP contribution is 2.31. The number of rotatable bonds is 2. The third-order valence-corrected chi connectivity index (χ3v) is 4.27. The molecular formula is C16H24O5. The van der Waals surface area contributed by atoms with Crippen molar-refractivity contribution in [2.75, 3.05) is 20.3 Å². The van der Waals surface area contributed by atoms with Crippen LogP contribution < -0.4 is 0 Å². The molecule has 0 aromatic carbocycles. The van der Waals surface area contributed by atoms with Gasteiger partial charge in [-0.2, -0.15) is 0 Å². The number of methoxy groups -OCH3 is 1. The average molecular weight is 296 g/mol. The fourth-order valence-corrected chi connectivity index (χ4v) is 2.85. The Balaban J connectivity index is 2.42. The maximum atomic E-state index is 12.4. The molecule has 3 atom stereocenters. The zero-order valence-corrected chi connectivity index (χ0v) is 12.8. The second-order valence-electron chi connectivity index (χ2n) is 6.37. The van der Waals surface area contributed by atoms with Crippen molar-refractivity contribution in [1.82, 2.24) is 0 Å². The van der Waals surface area contributed by atoms with Crippen LogP contribution in [0.5, 0.6) is 0 Å². The van der Waals surface area contributed by atoms with Crippen LogP contribution in [0.25, 0.3) is 0 Å². The maximum Gasteiger partial charge on any atom is 0.167 e. The summed E-state index contributed by atoms with van der Waals surface area (Å²) in [6, 6.07) is 0. The Morgan fingerprint density at radius 2 is 2.19 bits per heavy atom.